The number of likely N-dealkylation sites (tertiary alicyclic amines) is 1. The van der Waals surface area contributed by atoms with Crippen molar-refractivity contribution >= 4 is 23.6 Å². The van der Waals surface area contributed by atoms with Gasteiger partial charge in [-0.3, -0.25) is 24.1 Å². The Hall–Kier alpha value is -4.26. The number of piperidine rings is 1. The summed E-state index contributed by atoms with van der Waals surface area (Å²) < 4.78 is 0. The molecule has 2 aliphatic heterocycles. The number of carbonyl (C=O) groups excluding carboxylic acids is 4. The summed E-state index contributed by atoms with van der Waals surface area (Å²) in [6.45, 7) is 1.33. The van der Waals surface area contributed by atoms with E-state index in [2.05, 4.69) is 5.32 Å². The lowest BCUT2D eigenvalue weighted by molar-refractivity contribution is -0.122. The summed E-state index contributed by atoms with van der Waals surface area (Å²) in [7, 11) is 0. The number of hydrogen-bond donors (Lipinski definition) is 1. The Labute approximate surface area is 216 Å². The van der Waals surface area contributed by atoms with Gasteiger partial charge in [0.25, 0.3) is 17.7 Å². The van der Waals surface area contributed by atoms with Crippen molar-refractivity contribution in [3.63, 3.8) is 0 Å². The maximum Gasteiger partial charge on any atom is 0.261 e. The van der Waals surface area contributed by atoms with Gasteiger partial charge >= 0.3 is 0 Å². The van der Waals surface area contributed by atoms with Gasteiger partial charge in [-0.15, -0.1) is 0 Å². The number of nitrogens with zero attached hydrogens (tertiary/aromatic N) is 2. The summed E-state index contributed by atoms with van der Waals surface area (Å²) in [4.78, 5) is 53.6. The fraction of sp³-hybridized carbons (Fsp3) is 0.267. The van der Waals surface area contributed by atoms with E-state index < -0.39 is 0 Å². The van der Waals surface area contributed by atoms with Crippen molar-refractivity contribution in [2.45, 2.75) is 38.3 Å². The Morgan fingerprint density at radius 2 is 1.35 bits per heavy atom. The van der Waals surface area contributed by atoms with E-state index in [0.29, 0.717) is 42.6 Å². The summed E-state index contributed by atoms with van der Waals surface area (Å²) in [5, 5.41) is 3.11. The number of hydrogen-bond acceptors (Lipinski definition) is 4. The third-order valence-corrected chi connectivity index (χ3v) is 7.05. The molecule has 1 saturated heterocycles. The molecule has 2 aliphatic rings. The van der Waals surface area contributed by atoms with Gasteiger partial charge in [0.2, 0.25) is 5.91 Å². The topological polar surface area (TPSA) is 86.8 Å². The first-order valence-corrected chi connectivity index (χ1v) is 12.7. The van der Waals surface area contributed by atoms with Gasteiger partial charge in [-0.25, -0.2) is 0 Å². The number of rotatable bonds is 7. The molecule has 4 amide bonds. The summed E-state index contributed by atoms with van der Waals surface area (Å²) in [6.07, 6.45) is 2.62. The van der Waals surface area contributed by atoms with Crippen molar-refractivity contribution < 1.29 is 19.2 Å². The maximum atomic E-state index is 13.0. The van der Waals surface area contributed by atoms with Crippen molar-refractivity contribution in [1.29, 1.82) is 0 Å². The van der Waals surface area contributed by atoms with Gasteiger partial charge in [-0.1, -0.05) is 54.6 Å². The summed E-state index contributed by atoms with van der Waals surface area (Å²) >= 11 is 0. The summed E-state index contributed by atoms with van der Waals surface area (Å²) in [5.74, 6) is -0.602. The van der Waals surface area contributed by atoms with Gasteiger partial charge in [-0.2, -0.15) is 0 Å². The smallest absolute Gasteiger partial charge is 0.261 e. The van der Waals surface area contributed by atoms with Crippen LogP contribution < -0.4 is 5.32 Å². The fourth-order valence-corrected chi connectivity index (χ4v) is 4.93. The van der Waals surface area contributed by atoms with Crippen LogP contribution >= 0.6 is 0 Å². The van der Waals surface area contributed by atoms with Crippen molar-refractivity contribution in [1.82, 2.24) is 15.1 Å². The van der Waals surface area contributed by atoms with E-state index in [0.717, 1.165) is 24.0 Å². The number of benzene rings is 3. The van der Waals surface area contributed by atoms with Gasteiger partial charge in [0, 0.05) is 31.1 Å². The lowest BCUT2D eigenvalue weighted by Gasteiger charge is -2.32. The molecule has 0 radical (unpaired) electrons. The molecule has 5 rings (SSSR count). The lowest BCUT2D eigenvalue weighted by atomic mass is 10.0. The van der Waals surface area contributed by atoms with Gasteiger partial charge in [0.05, 0.1) is 17.7 Å². The van der Waals surface area contributed by atoms with Crippen LogP contribution in [0.25, 0.3) is 0 Å². The molecular weight excluding hydrogens is 466 g/mol. The molecule has 0 saturated carbocycles. The van der Waals surface area contributed by atoms with Crippen LogP contribution in [0.3, 0.4) is 0 Å². The van der Waals surface area contributed by atoms with Crippen molar-refractivity contribution in [2.75, 3.05) is 13.1 Å². The first kappa shape index (κ1) is 24.4. The Morgan fingerprint density at radius 1 is 0.757 bits per heavy atom. The average Bonchev–Trinajstić information content (AvgIpc) is 3.18. The number of imide groups is 1. The zero-order valence-electron chi connectivity index (χ0n) is 20.6. The Balaban J connectivity index is 1.10. The van der Waals surface area contributed by atoms with Crippen LogP contribution in [0.1, 0.15) is 61.5 Å². The Bertz CT molecular complexity index is 1280. The van der Waals surface area contributed by atoms with E-state index in [1.807, 2.05) is 35.2 Å². The zero-order valence-corrected chi connectivity index (χ0v) is 20.6. The summed E-state index contributed by atoms with van der Waals surface area (Å²) in [5.41, 5.74) is 3.34. The molecule has 188 valence electrons. The van der Waals surface area contributed by atoms with Crippen molar-refractivity contribution in [3.8, 4) is 0 Å². The number of carbonyl (C=O) groups is 4. The third kappa shape index (κ3) is 5.45. The second-order valence-electron chi connectivity index (χ2n) is 9.56. The predicted molar refractivity (Wildman–Crippen MR) is 139 cm³/mol. The van der Waals surface area contributed by atoms with E-state index >= 15 is 0 Å². The molecule has 0 aromatic heterocycles. The number of amides is 4. The van der Waals surface area contributed by atoms with E-state index in [1.54, 1.807) is 48.5 Å². The number of nitrogens with one attached hydrogen (secondary N) is 1. The number of aryl methyl sites for hydroxylation is 1. The second kappa shape index (κ2) is 10.8. The van der Waals surface area contributed by atoms with E-state index in [9.17, 15) is 19.2 Å². The highest BCUT2D eigenvalue weighted by atomic mass is 16.2. The molecule has 1 N–H and O–H groups in total. The van der Waals surface area contributed by atoms with Gasteiger partial charge < -0.3 is 10.2 Å². The van der Waals surface area contributed by atoms with Crippen molar-refractivity contribution in [3.05, 3.63) is 107 Å². The van der Waals surface area contributed by atoms with Gasteiger partial charge in [0.1, 0.15) is 0 Å². The monoisotopic (exact) mass is 495 g/mol. The highest BCUT2D eigenvalue weighted by Crippen LogP contribution is 2.24. The molecule has 0 spiro atoms. The van der Waals surface area contributed by atoms with E-state index in [1.165, 1.54) is 4.90 Å². The van der Waals surface area contributed by atoms with E-state index in [-0.39, 0.29) is 36.2 Å². The minimum absolute atomic E-state index is 0.0438. The van der Waals surface area contributed by atoms with Crippen LogP contribution in [0.5, 0.6) is 0 Å². The molecule has 2 heterocycles. The molecule has 3 aromatic rings. The molecule has 7 nitrogen and oxygen atoms in total. The SMILES string of the molecule is O=C(CCc1ccccc1)NC1CCN(C(=O)c2ccc(CN3C(=O)c4ccccc4C3=O)cc2)CC1. The molecule has 0 bridgehead atoms. The highest BCUT2D eigenvalue weighted by Gasteiger charge is 2.35. The van der Waals surface area contributed by atoms with Gasteiger partial charge in [-0.05, 0) is 54.7 Å². The highest BCUT2D eigenvalue weighted by molar-refractivity contribution is 6.21. The molecule has 3 aromatic carbocycles. The van der Waals surface area contributed by atoms with Gasteiger partial charge in [0.15, 0.2) is 0 Å². The normalized spacial score (nSPS) is 15.6. The zero-order chi connectivity index (χ0) is 25.8. The molecule has 0 aliphatic carbocycles. The second-order valence-corrected chi connectivity index (χ2v) is 9.56. The molecular formula is C30H29N3O4. The molecule has 0 unspecified atom stereocenters. The van der Waals surface area contributed by atoms with E-state index in [4.69, 9.17) is 0 Å². The first-order valence-electron chi connectivity index (χ1n) is 12.7. The molecule has 37 heavy (non-hydrogen) atoms. The van der Waals surface area contributed by atoms with Crippen LogP contribution in [0.2, 0.25) is 0 Å². The van der Waals surface area contributed by atoms with Crippen LogP contribution in [0.15, 0.2) is 78.9 Å². The fourth-order valence-electron chi connectivity index (χ4n) is 4.93. The molecule has 7 heteroatoms. The minimum atomic E-state index is -0.296. The quantitative estimate of drug-likeness (QED) is 0.505. The third-order valence-electron chi connectivity index (χ3n) is 7.05. The maximum absolute atomic E-state index is 13.0. The van der Waals surface area contributed by atoms with Crippen LogP contribution in [-0.2, 0) is 17.8 Å². The average molecular weight is 496 g/mol. The first-order chi connectivity index (χ1) is 18.0. The van der Waals surface area contributed by atoms with Crippen molar-refractivity contribution in [2.24, 2.45) is 0 Å². The Kier molecular flexibility index (Phi) is 7.12. The predicted octanol–water partition coefficient (Wildman–Crippen LogP) is 3.84. The minimum Gasteiger partial charge on any atom is -0.353 e. The number of fused-ring (bicyclic) bond motifs is 1. The largest absolute Gasteiger partial charge is 0.353 e. The standard InChI is InChI=1S/C30H29N3O4/c34-27(15-12-21-6-2-1-3-7-21)31-24-16-18-32(19-17-24)28(35)23-13-10-22(11-14-23)20-33-29(36)25-8-4-5-9-26(25)30(33)37/h1-11,13-14,24H,12,15-20H2,(H,31,34). The lowest BCUT2D eigenvalue weighted by Crippen LogP contribution is -2.46. The molecule has 0 atom stereocenters. The van der Waals surface area contributed by atoms with Crippen LogP contribution in [0, 0.1) is 0 Å². The molecule has 1 fully saturated rings. The van der Waals surface area contributed by atoms with Crippen LogP contribution in [-0.4, -0.2) is 52.6 Å². The summed E-state index contributed by atoms with van der Waals surface area (Å²) in [6, 6.07) is 23.9. The van der Waals surface area contributed by atoms with Crippen LogP contribution in [0.4, 0.5) is 0 Å². The Morgan fingerprint density at radius 3 is 1.97 bits per heavy atom.